The van der Waals surface area contributed by atoms with Gasteiger partial charge in [-0.15, -0.1) is 0 Å². The Morgan fingerprint density at radius 1 is 0.975 bits per heavy atom. The summed E-state index contributed by atoms with van der Waals surface area (Å²) in [5.41, 5.74) is 2.09. The summed E-state index contributed by atoms with van der Waals surface area (Å²) < 4.78 is 1.83. The Hall–Kier alpha value is -4.01. The zero-order chi connectivity index (χ0) is 28.5. The molecule has 4 rings (SSSR count). The van der Waals surface area contributed by atoms with Crippen LogP contribution in [-0.2, 0) is 27.3 Å². The number of aromatic nitrogens is 3. The highest BCUT2D eigenvalue weighted by Gasteiger charge is 2.28. The number of carbonyl (C=O) groups is 3. The minimum absolute atomic E-state index is 0.0158. The number of carbonyl (C=O) groups excluding carboxylic acids is 3. The van der Waals surface area contributed by atoms with Crippen LogP contribution in [0.5, 0.6) is 0 Å². The fourth-order valence-corrected chi connectivity index (χ4v) is 4.90. The summed E-state index contributed by atoms with van der Waals surface area (Å²) in [6.45, 7) is 7.04. The highest BCUT2D eigenvalue weighted by Crippen LogP contribution is 2.24. The average Bonchev–Trinajstić information content (AvgIpc) is 3.37. The van der Waals surface area contributed by atoms with E-state index in [9.17, 15) is 14.4 Å². The third-order valence-electron chi connectivity index (χ3n) is 7.21. The van der Waals surface area contributed by atoms with E-state index in [0.29, 0.717) is 44.1 Å². The molecule has 9 nitrogen and oxygen atoms in total. The molecule has 1 aliphatic heterocycles. The maximum absolute atomic E-state index is 13.3. The van der Waals surface area contributed by atoms with E-state index in [1.807, 2.05) is 72.0 Å². The number of benzene rings is 2. The summed E-state index contributed by atoms with van der Waals surface area (Å²) in [5.74, 6) is 0.815. The molecule has 40 heavy (non-hydrogen) atoms. The molecular weight excluding hydrogens is 504 g/mol. The summed E-state index contributed by atoms with van der Waals surface area (Å²) in [6, 6.07) is 18.8. The van der Waals surface area contributed by atoms with Crippen LogP contribution in [0.2, 0.25) is 0 Å². The fourth-order valence-electron chi connectivity index (χ4n) is 4.90. The predicted octanol–water partition coefficient (Wildman–Crippen LogP) is 3.91. The number of fused-ring (bicyclic) bond motifs is 1. The van der Waals surface area contributed by atoms with Crippen molar-refractivity contribution in [2.45, 2.75) is 71.5 Å². The third-order valence-corrected chi connectivity index (χ3v) is 7.21. The monoisotopic (exact) mass is 544 g/mol. The van der Waals surface area contributed by atoms with Crippen LogP contribution in [0, 0.1) is 5.92 Å². The Balaban J connectivity index is 1.59. The summed E-state index contributed by atoms with van der Waals surface area (Å²) in [4.78, 5) is 45.7. The Morgan fingerprint density at radius 2 is 1.68 bits per heavy atom. The molecule has 0 fully saturated rings. The minimum atomic E-state index is -0.697. The van der Waals surface area contributed by atoms with E-state index in [0.717, 1.165) is 18.4 Å². The molecule has 1 aliphatic rings. The molecule has 2 N–H and O–H groups in total. The van der Waals surface area contributed by atoms with Gasteiger partial charge in [0.1, 0.15) is 6.04 Å². The van der Waals surface area contributed by atoms with Crippen molar-refractivity contribution < 1.29 is 14.4 Å². The van der Waals surface area contributed by atoms with Crippen LogP contribution in [0.3, 0.4) is 0 Å². The van der Waals surface area contributed by atoms with Gasteiger partial charge in [-0.25, -0.2) is 9.67 Å². The highest BCUT2D eigenvalue weighted by atomic mass is 16.2. The molecule has 0 radical (unpaired) electrons. The van der Waals surface area contributed by atoms with Gasteiger partial charge in [-0.05, 0) is 37.7 Å². The Morgan fingerprint density at radius 3 is 2.38 bits per heavy atom. The molecule has 0 saturated heterocycles. The SMILES string of the molecule is CC(C)[C@@H]1NC(=O)[C@@H](C)NC(=O)CCCN(C(=O)CCCc2ccccc2)CCn2nc(-c3ccccc3)nc21. The van der Waals surface area contributed by atoms with Gasteiger partial charge in [0.05, 0.1) is 12.6 Å². The molecule has 0 spiro atoms. The zero-order valence-electron chi connectivity index (χ0n) is 23.7. The van der Waals surface area contributed by atoms with Crippen LogP contribution < -0.4 is 10.6 Å². The first kappa shape index (κ1) is 29.0. The van der Waals surface area contributed by atoms with Gasteiger partial charge in [-0.3, -0.25) is 14.4 Å². The first-order valence-corrected chi connectivity index (χ1v) is 14.2. The molecule has 2 atom stereocenters. The second kappa shape index (κ2) is 13.9. The van der Waals surface area contributed by atoms with Crippen LogP contribution in [-0.4, -0.2) is 56.5 Å². The molecule has 1 aromatic heterocycles. The quantitative estimate of drug-likeness (QED) is 0.489. The van der Waals surface area contributed by atoms with Crippen molar-refractivity contribution in [3.8, 4) is 11.4 Å². The van der Waals surface area contributed by atoms with Gasteiger partial charge in [0.2, 0.25) is 17.7 Å². The van der Waals surface area contributed by atoms with E-state index >= 15 is 0 Å². The molecule has 2 heterocycles. The van der Waals surface area contributed by atoms with E-state index in [1.54, 1.807) is 6.92 Å². The highest BCUT2D eigenvalue weighted by molar-refractivity contribution is 5.87. The fraction of sp³-hybridized carbons (Fsp3) is 0.452. The first-order chi connectivity index (χ1) is 19.3. The van der Waals surface area contributed by atoms with Crippen LogP contribution in [0.1, 0.15) is 63.9 Å². The van der Waals surface area contributed by atoms with E-state index in [-0.39, 0.29) is 30.1 Å². The number of nitrogens with zero attached hydrogens (tertiary/aromatic N) is 4. The summed E-state index contributed by atoms with van der Waals surface area (Å²) in [6.07, 6.45) is 2.78. The molecule has 0 saturated carbocycles. The van der Waals surface area contributed by atoms with E-state index < -0.39 is 12.1 Å². The van der Waals surface area contributed by atoms with Crippen molar-refractivity contribution in [1.82, 2.24) is 30.3 Å². The van der Waals surface area contributed by atoms with Crippen molar-refractivity contribution in [1.29, 1.82) is 0 Å². The standard InChI is InChI=1S/C31H40N6O3/c1-22(2)28-30-34-29(25-15-8-5-9-16-25)35-37(30)21-20-36(19-11-17-26(38)32-23(3)31(40)33-28)27(39)18-10-14-24-12-6-4-7-13-24/h4-9,12-13,15-16,22-23,28H,10-11,14,17-21H2,1-3H3,(H,32,38)(H,33,40)/t23-,28+/m1/s1. The molecule has 212 valence electrons. The molecule has 3 amide bonds. The van der Waals surface area contributed by atoms with Crippen molar-refractivity contribution >= 4 is 17.7 Å². The number of hydrogen-bond acceptors (Lipinski definition) is 5. The number of amides is 3. The average molecular weight is 545 g/mol. The van der Waals surface area contributed by atoms with Crippen LogP contribution in [0.15, 0.2) is 60.7 Å². The minimum Gasteiger partial charge on any atom is -0.345 e. The van der Waals surface area contributed by atoms with Crippen molar-refractivity contribution in [3.05, 3.63) is 72.1 Å². The van der Waals surface area contributed by atoms with Gasteiger partial charge < -0.3 is 15.5 Å². The van der Waals surface area contributed by atoms with E-state index in [2.05, 4.69) is 22.8 Å². The molecule has 0 unspecified atom stereocenters. The van der Waals surface area contributed by atoms with Gasteiger partial charge in [-0.1, -0.05) is 74.5 Å². The van der Waals surface area contributed by atoms with Crippen LogP contribution in [0.25, 0.3) is 11.4 Å². The van der Waals surface area contributed by atoms with Crippen LogP contribution in [0.4, 0.5) is 0 Å². The lowest BCUT2D eigenvalue weighted by Crippen LogP contribution is -2.47. The van der Waals surface area contributed by atoms with Gasteiger partial charge in [-0.2, -0.15) is 5.10 Å². The largest absolute Gasteiger partial charge is 0.345 e. The molecule has 0 bridgehead atoms. The van der Waals surface area contributed by atoms with E-state index in [4.69, 9.17) is 10.1 Å². The van der Waals surface area contributed by atoms with Gasteiger partial charge in [0.25, 0.3) is 0 Å². The Kier molecular flexibility index (Phi) is 10.0. The molecule has 3 aromatic rings. The predicted molar refractivity (Wildman–Crippen MR) is 154 cm³/mol. The normalized spacial score (nSPS) is 18.9. The zero-order valence-corrected chi connectivity index (χ0v) is 23.7. The number of aryl methyl sites for hydroxylation is 1. The lowest BCUT2D eigenvalue weighted by atomic mass is 10.0. The Bertz CT molecular complexity index is 1270. The van der Waals surface area contributed by atoms with Crippen molar-refractivity contribution in [2.75, 3.05) is 13.1 Å². The smallest absolute Gasteiger partial charge is 0.242 e. The molecule has 0 aliphatic carbocycles. The summed E-state index contributed by atoms with van der Waals surface area (Å²) >= 11 is 0. The van der Waals surface area contributed by atoms with Crippen molar-refractivity contribution in [2.24, 2.45) is 5.92 Å². The van der Waals surface area contributed by atoms with Crippen LogP contribution >= 0.6 is 0 Å². The van der Waals surface area contributed by atoms with Gasteiger partial charge in [0, 0.05) is 31.5 Å². The first-order valence-electron chi connectivity index (χ1n) is 14.2. The number of nitrogens with one attached hydrogen (secondary N) is 2. The van der Waals surface area contributed by atoms with Gasteiger partial charge in [0.15, 0.2) is 11.6 Å². The summed E-state index contributed by atoms with van der Waals surface area (Å²) in [5, 5.41) is 10.7. The topological polar surface area (TPSA) is 109 Å². The second-order valence-corrected chi connectivity index (χ2v) is 10.7. The molecular formula is C31H40N6O3. The van der Waals surface area contributed by atoms with Gasteiger partial charge >= 0.3 is 0 Å². The summed E-state index contributed by atoms with van der Waals surface area (Å²) in [7, 11) is 0. The van der Waals surface area contributed by atoms with Crippen molar-refractivity contribution in [3.63, 3.8) is 0 Å². The number of hydrogen-bond donors (Lipinski definition) is 2. The maximum atomic E-state index is 13.3. The molecule has 2 aromatic carbocycles. The lowest BCUT2D eigenvalue weighted by molar-refractivity contribution is -0.132. The maximum Gasteiger partial charge on any atom is 0.242 e. The second-order valence-electron chi connectivity index (χ2n) is 10.7. The lowest BCUT2D eigenvalue weighted by Gasteiger charge is -2.27. The molecule has 9 heteroatoms. The number of rotatable bonds is 6. The Labute approximate surface area is 236 Å². The van der Waals surface area contributed by atoms with E-state index in [1.165, 1.54) is 5.56 Å². The third kappa shape index (κ3) is 7.77.